The summed E-state index contributed by atoms with van der Waals surface area (Å²) in [5.41, 5.74) is 0.508. The van der Waals surface area contributed by atoms with Crippen molar-refractivity contribution < 1.29 is 4.79 Å². The predicted molar refractivity (Wildman–Crippen MR) is 55.4 cm³/mol. The molecular weight excluding hydrogens is 178 g/mol. The lowest BCUT2D eigenvalue weighted by Crippen LogP contribution is -2.19. The second kappa shape index (κ2) is 4.50. The van der Waals surface area contributed by atoms with Crippen LogP contribution in [0.1, 0.15) is 17.3 Å². The first kappa shape index (κ1) is 10.4. The van der Waals surface area contributed by atoms with E-state index in [0.29, 0.717) is 11.4 Å². The maximum Gasteiger partial charge on any atom is 0.280 e. The van der Waals surface area contributed by atoms with Gasteiger partial charge in [-0.15, -0.1) is 0 Å². The van der Waals surface area contributed by atoms with E-state index in [4.69, 9.17) is 0 Å². The van der Waals surface area contributed by atoms with E-state index in [1.54, 1.807) is 30.2 Å². The Balaban J connectivity index is 2.83. The molecule has 4 nitrogen and oxygen atoms in total. The maximum absolute atomic E-state index is 11.5. The number of hydrogen-bond donors (Lipinski definition) is 0. The molecule has 1 aromatic rings. The predicted octanol–water partition coefficient (Wildman–Crippen LogP) is 1.20. The van der Waals surface area contributed by atoms with E-state index in [9.17, 15) is 4.79 Å². The van der Waals surface area contributed by atoms with Crippen LogP contribution in [0.25, 0.3) is 0 Å². The Morgan fingerprint density at radius 3 is 2.71 bits per heavy atom. The number of rotatable bonds is 1. The third kappa shape index (κ3) is 2.65. The third-order valence-electron chi connectivity index (χ3n) is 1.82. The lowest BCUT2D eigenvalue weighted by Gasteiger charge is -2.09. The molecule has 0 aliphatic rings. The minimum atomic E-state index is -0.260. The van der Waals surface area contributed by atoms with Crippen LogP contribution in [0.3, 0.4) is 0 Å². The summed E-state index contributed by atoms with van der Waals surface area (Å²) < 4.78 is 0. The van der Waals surface area contributed by atoms with E-state index in [2.05, 4.69) is 9.98 Å². The van der Waals surface area contributed by atoms with E-state index in [-0.39, 0.29) is 5.91 Å². The zero-order chi connectivity index (χ0) is 10.6. The fourth-order valence-electron chi connectivity index (χ4n) is 0.801. The summed E-state index contributed by atoms with van der Waals surface area (Å²) in [6, 6.07) is 3.41. The number of nitrogens with zero attached hydrogens (tertiary/aromatic N) is 3. The van der Waals surface area contributed by atoms with E-state index in [1.807, 2.05) is 14.1 Å². The lowest BCUT2D eigenvalue weighted by atomic mass is 10.3. The number of aromatic nitrogens is 1. The maximum atomic E-state index is 11.5. The Hall–Kier alpha value is -1.71. The minimum absolute atomic E-state index is 0.260. The molecule has 0 aromatic carbocycles. The summed E-state index contributed by atoms with van der Waals surface area (Å²) in [5.74, 6) is 0.420. The monoisotopic (exact) mass is 191 g/mol. The van der Waals surface area contributed by atoms with Crippen LogP contribution in [0.2, 0.25) is 0 Å². The van der Waals surface area contributed by atoms with Crippen LogP contribution in [0.15, 0.2) is 29.5 Å². The molecule has 1 rings (SSSR count). The van der Waals surface area contributed by atoms with E-state index in [1.165, 1.54) is 6.20 Å². The van der Waals surface area contributed by atoms with Gasteiger partial charge in [0.1, 0.15) is 5.84 Å². The standard InChI is InChI=1S/C10H13N3O/c1-8(13(2)3)12-10(14)9-5-4-6-11-7-9/h4-7H,1-3H3. The van der Waals surface area contributed by atoms with Crippen LogP contribution < -0.4 is 0 Å². The fourth-order valence-corrected chi connectivity index (χ4v) is 0.801. The van der Waals surface area contributed by atoms with Gasteiger partial charge in [-0.3, -0.25) is 9.78 Å². The van der Waals surface area contributed by atoms with E-state index in [0.717, 1.165) is 0 Å². The zero-order valence-corrected chi connectivity index (χ0v) is 8.56. The normalized spacial score (nSPS) is 11.2. The third-order valence-corrected chi connectivity index (χ3v) is 1.82. The number of aliphatic imine (C=N–C) groups is 1. The molecule has 0 spiro atoms. The van der Waals surface area contributed by atoms with Crippen LogP contribution >= 0.6 is 0 Å². The molecule has 1 amide bonds. The first-order chi connectivity index (χ1) is 6.61. The Morgan fingerprint density at radius 1 is 1.50 bits per heavy atom. The average Bonchev–Trinajstić information content (AvgIpc) is 2.19. The fraction of sp³-hybridized carbons (Fsp3) is 0.300. The molecule has 0 radical (unpaired) electrons. The molecule has 74 valence electrons. The summed E-state index contributed by atoms with van der Waals surface area (Å²) in [5, 5.41) is 0. The van der Waals surface area contributed by atoms with Crippen LogP contribution in [0.4, 0.5) is 0 Å². The van der Waals surface area contributed by atoms with Crippen molar-refractivity contribution in [3.8, 4) is 0 Å². The van der Waals surface area contributed by atoms with Gasteiger partial charge in [0.25, 0.3) is 5.91 Å². The Labute approximate surface area is 83.3 Å². The van der Waals surface area contributed by atoms with Crippen LogP contribution in [-0.2, 0) is 0 Å². The van der Waals surface area contributed by atoms with Crippen LogP contribution in [-0.4, -0.2) is 35.7 Å². The molecule has 0 aliphatic heterocycles. The van der Waals surface area contributed by atoms with Gasteiger partial charge in [-0.2, -0.15) is 4.99 Å². The molecule has 1 aromatic heterocycles. The summed E-state index contributed by atoms with van der Waals surface area (Å²) in [4.78, 5) is 21.1. The van der Waals surface area contributed by atoms with Crippen molar-refractivity contribution in [2.24, 2.45) is 4.99 Å². The summed E-state index contributed by atoms with van der Waals surface area (Å²) in [7, 11) is 3.69. The molecule has 4 heteroatoms. The van der Waals surface area contributed by atoms with Crippen molar-refractivity contribution in [1.29, 1.82) is 0 Å². The first-order valence-electron chi connectivity index (χ1n) is 4.28. The molecule has 0 saturated heterocycles. The van der Waals surface area contributed by atoms with Gasteiger partial charge in [0.2, 0.25) is 0 Å². The van der Waals surface area contributed by atoms with Crippen LogP contribution in [0, 0.1) is 0 Å². The summed E-state index contributed by atoms with van der Waals surface area (Å²) in [6.45, 7) is 1.79. The van der Waals surface area contributed by atoms with Crippen molar-refractivity contribution in [3.05, 3.63) is 30.1 Å². The van der Waals surface area contributed by atoms with Gasteiger partial charge < -0.3 is 4.90 Å². The number of amides is 1. The highest BCUT2D eigenvalue weighted by molar-refractivity contribution is 6.02. The molecule has 14 heavy (non-hydrogen) atoms. The second-order valence-electron chi connectivity index (χ2n) is 3.10. The van der Waals surface area contributed by atoms with Gasteiger partial charge in [0.15, 0.2) is 0 Å². The SMILES string of the molecule is CC(=NC(=O)c1cccnc1)N(C)C. The van der Waals surface area contributed by atoms with Gasteiger partial charge in [-0.05, 0) is 19.1 Å². The topological polar surface area (TPSA) is 45.6 Å². The van der Waals surface area contributed by atoms with Gasteiger partial charge >= 0.3 is 0 Å². The molecule has 0 N–H and O–H groups in total. The quantitative estimate of drug-likeness (QED) is 0.495. The molecule has 0 saturated carbocycles. The molecule has 0 fully saturated rings. The van der Waals surface area contributed by atoms with Gasteiger partial charge in [0.05, 0.1) is 5.56 Å². The highest BCUT2D eigenvalue weighted by Gasteiger charge is 2.04. The minimum Gasteiger partial charge on any atom is -0.366 e. The highest BCUT2D eigenvalue weighted by atomic mass is 16.1. The largest absolute Gasteiger partial charge is 0.366 e. The van der Waals surface area contributed by atoms with Crippen molar-refractivity contribution in [2.75, 3.05) is 14.1 Å². The molecule has 0 bridgehead atoms. The highest BCUT2D eigenvalue weighted by Crippen LogP contribution is 1.99. The number of pyridine rings is 1. The van der Waals surface area contributed by atoms with Crippen LogP contribution in [0.5, 0.6) is 0 Å². The number of hydrogen-bond acceptors (Lipinski definition) is 2. The summed E-state index contributed by atoms with van der Waals surface area (Å²) in [6.07, 6.45) is 3.13. The summed E-state index contributed by atoms with van der Waals surface area (Å²) >= 11 is 0. The Kier molecular flexibility index (Phi) is 3.34. The zero-order valence-electron chi connectivity index (χ0n) is 8.56. The van der Waals surface area contributed by atoms with Gasteiger partial charge in [-0.1, -0.05) is 0 Å². The van der Waals surface area contributed by atoms with Crippen molar-refractivity contribution in [3.63, 3.8) is 0 Å². The number of amidine groups is 1. The number of carbonyl (C=O) groups excluding carboxylic acids is 1. The molecule has 0 atom stereocenters. The van der Waals surface area contributed by atoms with Gasteiger partial charge in [-0.25, -0.2) is 0 Å². The molecule has 0 unspecified atom stereocenters. The van der Waals surface area contributed by atoms with Crippen molar-refractivity contribution in [2.45, 2.75) is 6.92 Å². The lowest BCUT2D eigenvalue weighted by molar-refractivity contribution is 0.100. The first-order valence-corrected chi connectivity index (χ1v) is 4.28. The Bertz CT molecular complexity index is 344. The smallest absolute Gasteiger partial charge is 0.280 e. The Morgan fingerprint density at radius 2 is 2.21 bits per heavy atom. The molecular formula is C10H13N3O. The van der Waals surface area contributed by atoms with Gasteiger partial charge in [0, 0.05) is 26.5 Å². The average molecular weight is 191 g/mol. The second-order valence-corrected chi connectivity index (χ2v) is 3.10. The van der Waals surface area contributed by atoms with Crippen molar-refractivity contribution >= 4 is 11.7 Å². The molecule has 1 heterocycles. The van der Waals surface area contributed by atoms with E-state index >= 15 is 0 Å². The molecule has 0 aliphatic carbocycles. The number of carbonyl (C=O) groups is 1. The van der Waals surface area contributed by atoms with Crippen molar-refractivity contribution in [1.82, 2.24) is 9.88 Å². The van der Waals surface area contributed by atoms with E-state index < -0.39 is 0 Å².